The lowest BCUT2D eigenvalue weighted by molar-refractivity contribution is -0.131. The van der Waals surface area contributed by atoms with Crippen molar-refractivity contribution in [1.29, 1.82) is 0 Å². The second-order valence-electron chi connectivity index (χ2n) is 2.18. The van der Waals surface area contributed by atoms with Crippen LogP contribution in [-0.2, 0) is 4.79 Å². The van der Waals surface area contributed by atoms with Gasteiger partial charge in [-0.15, -0.1) is 0 Å². The molecule has 0 rings (SSSR count). The van der Waals surface area contributed by atoms with E-state index in [0.29, 0.717) is 18.6 Å². The zero-order valence-corrected chi connectivity index (χ0v) is 6.18. The van der Waals surface area contributed by atoms with E-state index in [2.05, 4.69) is 0 Å². The summed E-state index contributed by atoms with van der Waals surface area (Å²) in [6, 6.07) is 0. The monoisotopic (exact) mass is 164 g/mol. The fraction of sp³-hybridized carbons (Fsp3) is 0.571. The standard InChI is InChI=1S/C7H10F2O2/c1-2-4-7(8,9)5-3-6(10)11/h3,5H,2,4H2,1H3,(H,10,11). The van der Waals surface area contributed by atoms with E-state index in [1.54, 1.807) is 6.92 Å². The first kappa shape index (κ1) is 10.1. The maximum absolute atomic E-state index is 12.4. The number of alkyl halides is 2. The second kappa shape index (κ2) is 4.05. The maximum Gasteiger partial charge on any atom is 0.328 e. The van der Waals surface area contributed by atoms with Crippen molar-refractivity contribution in [3.05, 3.63) is 12.2 Å². The lowest BCUT2D eigenvalue weighted by Gasteiger charge is -2.08. The fourth-order valence-electron chi connectivity index (χ4n) is 0.610. The normalized spacial score (nSPS) is 12.3. The average Bonchev–Trinajstić information content (AvgIpc) is 1.84. The highest BCUT2D eigenvalue weighted by Crippen LogP contribution is 2.21. The van der Waals surface area contributed by atoms with Crippen LogP contribution in [-0.4, -0.2) is 17.0 Å². The van der Waals surface area contributed by atoms with Gasteiger partial charge in [0.15, 0.2) is 0 Å². The number of carboxylic acids is 1. The molecular formula is C7H10F2O2. The van der Waals surface area contributed by atoms with Gasteiger partial charge in [0.1, 0.15) is 0 Å². The first-order valence-corrected chi connectivity index (χ1v) is 3.28. The number of hydrogen-bond acceptors (Lipinski definition) is 1. The average molecular weight is 164 g/mol. The molecule has 0 aromatic carbocycles. The van der Waals surface area contributed by atoms with Gasteiger partial charge >= 0.3 is 5.97 Å². The molecule has 0 saturated carbocycles. The van der Waals surface area contributed by atoms with Crippen LogP contribution in [0.2, 0.25) is 0 Å². The van der Waals surface area contributed by atoms with Gasteiger partial charge < -0.3 is 5.11 Å². The Hall–Kier alpha value is -0.930. The summed E-state index contributed by atoms with van der Waals surface area (Å²) in [5.74, 6) is -4.33. The molecule has 0 spiro atoms. The summed E-state index contributed by atoms with van der Waals surface area (Å²) in [6.45, 7) is 1.61. The van der Waals surface area contributed by atoms with E-state index >= 15 is 0 Å². The molecule has 0 heterocycles. The van der Waals surface area contributed by atoms with E-state index in [1.807, 2.05) is 0 Å². The number of carbonyl (C=O) groups is 1. The SMILES string of the molecule is CCCC(F)(F)C=CC(=O)O. The minimum Gasteiger partial charge on any atom is -0.478 e. The molecule has 0 unspecified atom stereocenters. The molecule has 0 aliphatic rings. The molecule has 0 radical (unpaired) electrons. The highest BCUT2D eigenvalue weighted by atomic mass is 19.3. The van der Waals surface area contributed by atoms with Crippen molar-refractivity contribution in [1.82, 2.24) is 0 Å². The van der Waals surface area contributed by atoms with E-state index in [1.165, 1.54) is 0 Å². The van der Waals surface area contributed by atoms with Gasteiger partial charge in [0.2, 0.25) is 0 Å². The molecule has 0 aliphatic heterocycles. The smallest absolute Gasteiger partial charge is 0.328 e. The lowest BCUT2D eigenvalue weighted by Crippen LogP contribution is -2.11. The van der Waals surface area contributed by atoms with Crippen LogP contribution in [0.15, 0.2) is 12.2 Å². The number of allylic oxidation sites excluding steroid dienone is 1. The van der Waals surface area contributed by atoms with Gasteiger partial charge in [0.25, 0.3) is 5.92 Å². The number of hydrogen-bond donors (Lipinski definition) is 1. The number of rotatable bonds is 4. The van der Waals surface area contributed by atoms with Crippen LogP contribution >= 0.6 is 0 Å². The van der Waals surface area contributed by atoms with Crippen molar-refractivity contribution in [3.63, 3.8) is 0 Å². The number of aliphatic carboxylic acids is 1. The molecule has 0 bridgehead atoms. The molecule has 0 atom stereocenters. The minimum atomic E-state index is -2.98. The Bertz CT molecular complexity index is 164. The zero-order valence-electron chi connectivity index (χ0n) is 6.18. The highest BCUT2D eigenvalue weighted by molar-refractivity contribution is 5.79. The summed E-state index contributed by atoms with van der Waals surface area (Å²) < 4.78 is 24.9. The molecule has 1 N–H and O–H groups in total. The molecule has 11 heavy (non-hydrogen) atoms. The van der Waals surface area contributed by atoms with Gasteiger partial charge in [-0.05, 0) is 6.08 Å². The molecule has 0 saturated heterocycles. The van der Waals surface area contributed by atoms with Crippen LogP contribution < -0.4 is 0 Å². The summed E-state index contributed by atoms with van der Waals surface area (Å²) in [7, 11) is 0. The van der Waals surface area contributed by atoms with Gasteiger partial charge in [-0.2, -0.15) is 0 Å². The highest BCUT2D eigenvalue weighted by Gasteiger charge is 2.23. The van der Waals surface area contributed by atoms with Crippen molar-refractivity contribution in [3.8, 4) is 0 Å². The van der Waals surface area contributed by atoms with Gasteiger partial charge in [0.05, 0.1) is 0 Å². The predicted octanol–water partition coefficient (Wildman–Crippen LogP) is 2.06. The van der Waals surface area contributed by atoms with Gasteiger partial charge in [-0.25, -0.2) is 13.6 Å². The third-order valence-corrected chi connectivity index (χ3v) is 1.05. The van der Waals surface area contributed by atoms with Crippen molar-refractivity contribution < 1.29 is 18.7 Å². The van der Waals surface area contributed by atoms with Crippen molar-refractivity contribution >= 4 is 5.97 Å². The van der Waals surface area contributed by atoms with Gasteiger partial charge in [-0.1, -0.05) is 13.3 Å². The Labute approximate surface area is 63.5 Å². The van der Waals surface area contributed by atoms with E-state index in [9.17, 15) is 13.6 Å². The Kier molecular flexibility index (Phi) is 3.71. The van der Waals surface area contributed by atoms with Crippen molar-refractivity contribution in [2.75, 3.05) is 0 Å². The van der Waals surface area contributed by atoms with E-state index in [4.69, 9.17) is 5.11 Å². The van der Waals surface area contributed by atoms with Crippen molar-refractivity contribution in [2.24, 2.45) is 0 Å². The Morgan fingerprint density at radius 3 is 2.55 bits per heavy atom. The molecule has 0 amide bonds. The van der Waals surface area contributed by atoms with E-state index in [0.717, 1.165) is 0 Å². The Morgan fingerprint density at radius 2 is 2.18 bits per heavy atom. The summed E-state index contributed by atoms with van der Waals surface area (Å²) in [4.78, 5) is 9.83. The number of halogens is 2. The summed E-state index contributed by atoms with van der Waals surface area (Å²) >= 11 is 0. The second-order valence-corrected chi connectivity index (χ2v) is 2.18. The third-order valence-electron chi connectivity index (χ3n) is 1.05. The molecule has 4 heteroatoms. The van der Waals surface area contributed by atoms with Gasteiger partial charge in [-0.3, -0.25) is 0 Å². The Morgan fingerprint density at radius 1 is 1.64 bits per heavy atom. The topological polar surface area (TPSA) is 37.3 Å². The summed E-state index contributed by atoms with van der Waals surface area (Å²) in [6.07, 6.45) is 0.905. The van der Waals surface area contributed by atoms with Crippen molar-refractivity contribution in [2.45, 2.75) is 25.7 Å². The van der Waals surface area contributed by atoms with Crippen LogP contribution in [0.25, 0.3) is 0 Å². The molecule has 0 aromatic heterocycles. The largest absolute Gasteiger partial charge is 0.478 e. The lowest BCUT2D eigenvalue weighted by atomic mass is 10.2. The third kappa shape index (κ3) is 5.51. The predicted molar refractivity (Wildman–Crippen MR) is 36.6 cm³/mol. The zero-order chi connectivity index (χ0) is 8.91. The fourth-order valence-corrected chi connectivity index (χ4v) is 0.610. The Balaban J connectivity index is 3.99. The van der Waals surface area contributed by atoms with Gasteiger partial charge in [0, 0.05) is 12.5 Å². The van der Waals surface area contributed by atoms with Crippen LogP contribution in [0.3, 0.4) is 0 Å². The first-order valence-electron chi connectivity index (χ1n) is 3.28. The quantitative estimate of drug-likeness (QED) is 0.646. The molecule has 2 nitrogen and oxygen atoms in total. The summed E-state index contributed by atoms with van der Waals surface area (Å²) in [5.41, 5.74) is 0. The van der Waals surface area contributed by atoms with Crippen LogP contribution in [0.1, 0.15) is 19.8 Å². The molecule has 0 fully saturated rings. The van der Waals surface area contributed by atoms with Crippen LogP contribution in [0, 0.1) is 0 Å². The van der Waals surface area contributed by atoms with E-state index < -0.39 is 11.9 Å². The molecule has 64 valence electrons. The number of carboxylic acid groups (broad SMARTS) is 1. The van der Waals surface area contributed by atoms with E-state index in [-0.39, 0.29) is 6.42 Å². The van der Waals surface area contributed by atoms with Crippen LogP contribution in [0.4, 0.5) is 8.78 Å². The first-order chi connectivity index (χ1) is 4.98. The van der Waals surface area contributed by atoms with Crippen LogP contribution in [0.5, 0.6) is 0 Å². The molecule has 0 aromatic rings. The molecule has 0 aliphatic carbocycles. The molecular weight excluding hydrogens is 154 g/mol. The minimum absolute atomic E-state index is 0.309. The maximum atomic E-state index is 12.4. The summed E-state index contributed by atoms with van der Waals surface area (Å²) in [5, 5.41) is 8.02.